The molecule has 2 unspecified atom stereocenters. The van der Waals surface area contributed by atoms with Crippen molar-refractivity contribution < 1.29 is 19.1 Å². The third-order valence-electron chi connectivity index (χ3n) is 3.07. The van der Waals surface area contributed by atoms with Gasteiger partial charge in [-0.25, -0.2) is 0 Å². The lowest BCUT2D eigenvalue weighted by Crippen LogP contribution is -2.30. The Bertz CT molecular complexity index is 237. The van der Waals surface area contributed by atoms with Gasteiger partial charge < -0.3 is 9.47 Å². The average Bonchev–Trinajstić information content (AvgIpc) is 2.28. The van der Waals surface area contributed by atoms with Gasteiger partial charge in [-0.3, -0.25) is 9.59 Å². The van der Waals surface area contributed by atoms with Crippen molar-refractivity contribution in [3.63, 3.8) is 0 Å². The largest absolute Gasteiger partial charge is 0.469 e. The highest BCUT2D eigenvalue weighted by Gasteiger charge is 2.33. The number of rotatable bonds is 3. The third kappa shape index (κ3) is 3.22. The van der Waals surface area contributed by atoms with E-state index in [0.29, 0.717) is 6.42 Å². The summed E-state index contributed by atoms with van der Waals surface area (Å²) in [5, 5.41) is 0. The van der Waals surface area contributed by atoms with Gasteiger partial charge in [0.25, 0.3) is 0 Å². The van der Waals surface area contributed by atoms with Gasteiger partial charge in [-0.05, 0) is 18.8 Å². The molecule has 0 aromatic rings. The number of hydrogen-bond donors (Lipinski definition) is 0. The standard InChI is InChI=1S/C11H18O4/c1-14-10(12)7-8-5-3-4-6-9(8)11(13)15-2/h8-9H,3-7H2,1-2H3. The van der Waals surface area contributed by atoms with Crippen LogP contribution < -0.4 is 0 Å². The van der Waals surface area contributed by atoms with Crippen LogP contribution in [0.5, 0.6) is 0 Å². The van der Waals surface area contributed by atoms with Crippen molar-refractivity contribution in [1.82, 2.24) is 0 Å². The summed E-state index contributed by atoms with van der Waals surface area (Å²) in [6.07, 6.45) is 4.19. The van der Waals surface area contributed by atoms with E-state index in [1.165, 1.54) is 14.2 Å². The summed E-state index contributed by atoms with van der Waals surface area (Å²) in [5.74, 6) is -0.457. The lowest BCUT2D eigenvalue weighted by molar-refractivity contribution is -0.150. The fourth-order valence-electron chi connectivity index (χ4n) is 2.21. The van der Waals surface area contributed by atoms with E-state index in [0.717, 1.165) is 25.7 Å². The molecule has 0 amide bonds. The van der Waals surface area contributed by atoms with E-state index >= 15 is 0 Å². The van der Waals surface area contributed by atoms with Crippen molar-refractivity contribution in [3.05, 3.63) is 0 Å². The Balaban J connectivity index is 2.57. The van der Waals surface area contributed by atoms with E-state index in [2.05, 4.69) is 4.74 Å². The Hall–Kier alpha value is -1.06. The van der Waals surface area contributed by atoms with Crippen LogP contribution in [0.2, 0.25) is 0 Å². The highest BCUT2D eigenvalue weighted by atomic mass is 16.5. The van der Waals surface area contributed by atoms with E-state index in [1.807, 2.05) is 0 Å². The maximum Gasteiger partial charge on any atom is 0.308 e. The molecule has 0 aromatic carbocycles. The molecule has 15 heavy (non-hydrogen) atoms. The Morgan fingerprint density at radius 2 is 1.80 bits per heavy atom. The lowest BCUT2D eigenvalue weighted by Gasteiger charge is -2.28. The molecule has 1 aliphatic rings. The van der Waals surface area contributed by atoms with Gasteiger partial charge in [0, 0.05) is 6.42 Å². The fourth-order valence-corrected chi connectivity index (χ4v) is 2.21. The van der Waals surface area contributed by atoms with Crippen LogP contribution in [-0.4, -0.2) is 26.2 Å². The maximum absolute atomic E-state index is 11.5. The van der Waals surface area contributed by atoms with Crippen molar-refractivity contribution in [2.24, 2.45) is 11.8 Å². The maximum atomic E-state index is 11.5. The Labute approximate surface area is 89.9 Å². The molecule has 2 atom stereocenters. The van der Waals surface area contributed by atoms with Crippen LogP contribution in [0.1, 0.15) is 32.1 Å². The SMILES string of the molecule is COC(=O)CC1CCCCC1C(=O)OC. The van der Waals surface area contributed by atoms with Crippen LogP contribution in [0.25, 0.3) is 0 Å². The molecule has 1 fully saturated rings. The molecule has 4 nitrogen and oxygen atoms in total. The molecule has 0 heterocycles. The lowest BCUT2D eigenvalue weighted by atomic mass is 9.77. The summed E-state index contributed by atoms with van der Waals surface area (Å²) in [6, 6.07) is 0. The van der Waals surface area contributed by atoms with Gasteiger partial charge in [0.1, 0.15) is 0 Å². The summed E-state index contributed by atoms with van der Waals surface area (Å²) in [5.41, 5.74) is 0. The zero-order valence-electron chi connectivity index (χ0n) is 9.32. The summed E-state index contributed by atoms with van der Waals surface area (Å²) in [6.45, 7) is 0. The van der Waals surface area contributed by atoms with Crippen molar-refractivity contribution in [3.8, 4) is 0 Å². The third-order valence-corrected chi connectivity index (χ3v) is 3.07. The van der Waals surface area contributed by atoms with Gasteiger partial charge in [0.2, 0.25) is 0 Å². The topological polar surface area (TPSA) is 52.6 Å². The van der Waals surface area contributed by atoms with Crippen LogP contribution in [0.4, 0.5) is 0 Å². The number of hydrogen-bond acceptors (Lipinski definition) is 4. The molecular weight excluding hydrogens is 196 g/mol. The number of carbonyl (C=O) groups excluding carboxylic acids is 2. The molecule has 86 valence electrons. The molecule has 4 heteroatoms. The van der Waals surface area contributed by atoms with Crippen molar-refractivity contribution in [2.75, 3.05) is 14.2 Å². The smallest absolute Gasteiger partial charge is 0.308 e. The summed E-state index contributed by atoms with van der Waals surface area (Å²) < 4.78 is 9.37. The second kappa shape index (κ2) is 5.73. The molecule has 1 aliphatic carbocycles. The Kier molecular flexibility index (Phi) is 4.59. The quantitative estimate of drug-likeness (QED) is 0.668. The average molecular weight is 214 g/mol. The Morgan fingerprint density at radius 1 is 1.13 bits per heavy atom. The van der Waals surface area contributed by atoms with Gasteiger partial charge >= 0.3 is 11.9 Å². The minimum Gasteiger partial charge on any atom is -0.469 e. The molecule has 1 saturated carbocycles. The van der Waals surface area contributed by atoms with Crippen LogP contribution in [0, 0.1) is 11.8 Å². The minimum absolute atomic E-state index is 0.0960. The zero-order valence-corrected chi connectivity index (χ0v) is 9.32. The predicted molar refractivity (Wildman–Crippen MR) is 54.1 cm³/mol. The first-order valence-corrected chi connectivity index (χ1v) is 5.33. The van der Waals surface area contributed by atoms with Crippen LogP contribution >= 0.6 is 0 Å². The molecule has 0 aliphatic heterocycles. The summed E-state index contributed by atoms with van der Waals surface area (Å²) in [4.78, 5) is 22.6. The minimum atomic E-state index is -0.240. The second-order valence-electron chi connectivity index (χ2n) is 3.95. The molecule has 1 rings (SSSR count). The van der Waals surface area contributed by atoms with E-state index in [9.17, 15) is 9.59 Å². The summed E-state index contributed by atoms with van der Waals surface area (Å²) in [7, 11) is 2.77. The van der Waals surface area contributed by atoms with Gasteiger partial charge in [-0.1, -0.05) is 12.8 Å². The van der Waals surface area contributed by atoms with E-state index in [1.54, 1.807) is 0 Å². The summed E-state index contributed by atoms with van der Waals surface area (Å²) >= 11 is 0. The number of methoxy groups -OCH3 is 2. The van der Waals surface area contributed by atoms with E-state index < -0.39 is 0 Å². The number of esters is 2. The Morgan fingerprint density at radius 3 is 2.40 bits per heavy atom. The van der Waals surface area contributed by atoms with Gasteiger partial charge in [0.05, 0.1) is 20.1 Å². The van der Waals surface area contributed by atoms with Gasteiger partial charge in [-0.2, -0.15) is 0 Å². The van der Waals surface area contributed by atoms with Crippen LogP contribution in [0.3, 0.4) is 0 Å². The van der Waals surface area contributed by atoms with Crippen molar-refractivity contribution in [2.45, 2.75) is 32.1 Å². The van der Waals surface area contributed by atoms with E-state index in [4.69, 9.17) is 4.74 Å². The number of ether oxygens (including phenoxy) is 2. The zero-order chi connectivity index (χ0) is 11.3. The van der Waals surface area contributed by atoms with Gasteiger partial charge in [0.15, 0.2) is 0 Å². The van der Waals surface area contributed by atoms with Crippen molar-refractivity contribution in [1.29, 1.82) is 0 Å². The normalized spacial score (nSPS) is 25.7. The first-order valence-electron chi connectivity index (χ1n) is 5.33. The second-order valence-corrected chi connectivity index (χ2v) is 3.95. The first-order chi connectivity index (χ1) is 7.19. The van der Waals surface area contributed by atoms with Crippen LogP contribution in [0.15, 0.2) is 0 Å². The highest BCUT2D eigenvalue weighted by Crippen LogP contribution is 2.33. The molecule has 0 aromatic heterocycles. The molecule has 0 bridgehead atoms. The van der Waals surface area contributed by atoms with Crippen LogP contribution in [-0.2, 0) is 19.1 Å². The van der Waals surface area contributed by atoms with Gasteiger partial charge in [-0.15, -0.1) is 0 Å². The molecular formula is C11H18O4. The number of carbonyl (C=O) groups is 2. The molecule has 0 spiro atoms. The molecule has 0 N–H and O–H groups in total. The van der Waals surface area contributed by atoms with Crippen molar-refractivity contribution >= 4 is 11.9 Å². The monoisotopic (exact) mass is 214 g/mol. The molecule has 0 saturated heterocycles. The van der Waals surface area contributed by atoms with E-state index in [-0.39, 0.29) is 23.8 Å². The first kappa shape index (κ1) is 12.0. The predicted octanol–water partition coefficient (Wildman–Crippen LogP) is 1.53. The highest BCUT2D eigenvalue weighted by molar-refractivity contribution is 5.75. The fraction of sp³-hybridized carbons (Fsp3) is 0.818. The molecule has 0 radical (unpaired) electrons.